The lowest BCUT2D eigenvalue weighted by molar-refractivity contribution is -0.384. The summed E-state index contributed by atoms with van der Waals surface area (Å²) in [6.45, 7) is 10.3. The van der Waals surface area contributed by atoms with E-state index in [1.54, 1.807) is 12.1 Å². The van der Waals surface area contributed by atoms with Gasteiger partial charge in [-0.15, -0.1) is 11.6 Å². The number of alkyl halides is 1. The molecule has 0 aliphatic carbocycles. The van der Waals surface area contributed by atoms with Crippen molar-refractivity contribution in [1.29, 1.82) is 0 Å². The molecule has 1 aromatic carbocycles. The fourth-order valence-corrected chi connectivity index (χ4v) is 3.74. The number of allylic oxidation sites excluding steroid dienone is 1. The fourth-order valence-electron chi connectivity index (χ4n) is 3.55. The lowest BCUT2D eigenvalue weighted by Crippen LogP contribution is -2.41. The van der Waals surface area contributed by atoms with Crippen LogP contribution in [0.1, 0.15) is 79.6 Å². The van der Waals surface area contributed by atoms with E-state index in [1.807, 2.05) is 27.7 Å². The van der Waals surface area contributed by atoms with Crippen LogP contribution in [0.25, 0.3) is 0 Å². The maximum atomic E-state index is 11.0. The van der Waals surface area contributed by atoms with Gasteiger partial charge in [-0.1, -0.05) is 25.8 Å². The molecule has 1 aliphatic rings. The maximum Gasteiger partial charge on any atom is 0.494 e. The standard InChI is InChI=1S/C24H37BClNO5/c1-6-7-9-13-22(30-20-16-14-19(15-17-20)27(28)29)21(12-10-8-11-18-26)25-31-23(2,3)24(4,5)32-25/h12,14-17,22H,6-11,13,18H2,1-5H3/b21-12+. The highest BCUT2D eigenvalue weighted by Gasteiger charge is 2.53. The molecule has 0 radical (unpaired) electrons. The number of ether oxygens (including phenoxy) is 1. The summed E-state index contributed by atoms with van der Waals surface area (Å²) in [4.78, 5) is 10.6. The highest BCUT2D eigenvalue weighted by Crippen LogP contribution is 2.40. The van der Waals surface area contributed by atoms with Crippen molar-refractivity contribution in [2.45, 2.75) is 96.9 Å². The summed E-state index contributed by atoms with van der Waals surface area (Å²) >= 11 is 5.87. The van der Waals surface area contributed by atoms with Crippen molar-refractivity contribution in [2.24, 2.45) is 0 Å². The first-order valence-corrected chi connectivity index (χ1v) is 12.2. The number of nitro benzene ring substituents is 1. The molecule has 0 N–H and O–H groups in total. The van der Waals surface area contributed by atoms with Crippen LogP contribution in [0.15, 0.2) is 35.8 Å². The second-order valence-corrected chi connectivity index (χ2v) is 9.71. The van der Waals surface area contributed by atoms with Crippen LogP contribution in [0.4, 0.5) is 5.69 Å². The lowest BCUT2D eigenvalue weighted by Gasteiger charge is -2.32. The number of unbranched alkanes of at least 4 members (excludes halogenated alkanes) is 4. The van der Waals surface area contributed by atoms with Gasteiger partial charge in [0.25, 0.3) is 5.69 Å². The van der Waals surface area contributed by atoms with Crippen LogP contribution >= 0.6 is 11.6 Å². The summed E-state index contributed by atoms with van der Waals surface area (Å²) in [6.07, 6.45) is 8.75. The maximum absolute atomic E-state index is 11.0. The Morgan fingerprint density at radius 3 is 2.28 bits per heavy atom. The Kier molecular flexibility index (Phi) is 10.1. The number of hydrogen-bond donors (Lipinski definition) is 0. The molecule has 2 rings (SSSR count). The van der Waals surface area contributed by atoms with Crippen molar-refractivity contribution in [3.63, 3.8) is 0 Å². The average Bonchev–Trinajstić information content (AvgIpc) is 2.94. The molecule has 1 saturated heterocycles. The minimum absolute atomic E-state index is 0.0441. The molecule has 1 heterocycles. The molecular formula is C24H37BClNO5. The molecule has 0 amide bonds. The Labute approximate surface area is 197 Å². The molecule has 8 heteroatoms. The van der Waals surface area contributed by atoms with Crippen molar-refractivity contribution >= 4 is 24.4 Å². The van der Waals surface area contributed by atoms with Gasteiger partial charge in [0.2, 0.25) is 0 Å². The molecule has 0 aromatic heterocycles. The van der Waals surface area contributed by atoms with E-state index in [2.05, 4.69) is 13.0 Å². The van der Waals surface area contributed by atoms with Crippen LogP contribution < -0.4 is 4.74 Å². The summed E-state index contributed by atoms with van der Waals surface area (Å²) in [7, 11) is -0.499. The van der Waals surface area contributed by atoms with E-state index < -0.39 is 23.2 Å². The molecule has 0 spiro atoms. The van der Waals surface area contributed by atoms with E-state index >= 15 is 0 Å². The van der Waals surface area contributed by atoms with Crippen LogP contribution in [0.3, 0.4) is 0 Å². The smallest absolute Gasteiger partial charge is 0.487 e. The van der Waals surface area contributed by atoms with E-state index in [9.17, 15) is 10.1 Å². The zero-order chi connectivity index (χ0) is 23.8. The van der Waals surface area contributed by atoms with Gasteiger partial charge in [0.15, 0.2) is 0 Å². The number of non-ortho nitro benzene ring substituents is 1. The Bertz CT molecular complexity index is 750. The number of halogens is 1. The van der Waals surface area contributed by atoms with Crippen LogP contribution in [-0.2, 0) is 9.31 Å². The van der Waals surface area contributed by atoms with Gasteiger partial charge in [-0.3, -0.25) is 10.1 Å². The van der Waals surface area contributed by atoms with Gasteiger partial charge in [-0.25, -0.2) is 0 Å². The topological polar surface area (TPSA) is 70.8 Å². The molecule has 1 unspecified atom stereocenters. The van der Waals surface area contributed by atoms with E-state index in [1.165, 1.54) is 12.1 Å². The molecule has 1 fully saturated rings. The summed E-state index contributed by atoms with van der Waals surface area (Å²) < 4.78 is 19.1. The monoisotopic (exact) mass is 465 g/mol. The summed E-state index contributed by atoms with van der Waals surface area (Å²) in [5.41, 5.74) is 0.123. The largest absolute Gasteiger partial charge is 0.494 e. The molecule has 1 atom stereocenters. The van der Waals surface area contributed by atoms with Crippen molar-refractivity contribution < 1.29 is 19.0 Å². The van der Waals surface area contributed by atoms with Crippen molar-refractivity contribution in [2.75, 3.05) is 5.88 Å². The van der Waals surface area contributed by atoms with E-state index in [4.69, 9.17) is 25.6 Å². The van der Waals surface area contributed by atoms with Crippen molar-refractivity contribution in [1.82, 2.24) is 0 Å². The Morgan fingerprint density at radius 1 is 1.12 bits per heavy atom. The van der Waals surface area contributed by atoms with Crippen LogP contribution in [0.5, 0.6) is 5.75 Å². The predicted molar refractivity (Wildman–Crippen MR) is 130 cm³/mol. The van der Waals surface area contributed by atoms with Gasteiger partial charge >= 0.3 is 7.12 Å². The normalized spacial score (nSPS) is 18.6. The summed E-state index contributed by atoms with van der Waals surface area (Å²) in [5.74, 6) is 1.24. The number of nitrogens with zero attached hydrogens (tertiary/aromatic N) is 1. The molecule has 1 aromatic rings. The van der Waals surface area contributed by atoms with Crippen LogP contribution in [0.2, 0.25) is 0 Å². The molecular weight excluding hydrogens is 429 g/mol. The fraction of sp³-hybridized carbons (Fsp3) is 0.667. The first kappa shape index (κ1) is 26.7. The third kappa shape index (κ3) is 7.22. The minimum Gasteiger partial charge on any atom is -0.487 e. The lowest BCUT2D eigenvalue weighted by atomic mass is 9.72. The molecule has 1 aliphatic heterocycles. The van der Waals surface area contributed by atoms with E-state index in [0.717, 1.165) is 50.4 Å². The highest BCUT2D eigenvalue weighted by atomic mass is 35.5. The summed E-state index contributed by atoms with van der Waals surface area (Å²) in [6, 6.07) is 6.24. The zero-order valence-electron chi connectivity index (χ0n) is 20.1. The van der Waals surface area contributed by atoms with Gasteiger partial charge in [0, 0.05) is 18.0 Å². The van der Waals surface area contributed by atoms with E-state index in [0.29, 0.717) is 11.6 Å². The quantitative estimate of drug-likeness (QED) is 0.104. The van der Waals surface area contributed by atoms with Crippen molar-refractivity contribution in [3.8, 4) is 5.75 Å². The first-order chi connectivity index (χ1) is 15.1. The third-order valence-corrected chi connectivity index (χ3v) is 6.53. The second kappa shape index (κ2) is 12.1. The van der Waals surface area contributed by atoms with Crippen LogP contribution in [-0.4, -0.2) is 35.2 Å². The zero-order valence-corrected chi connectivity index (χ0v) is 20.8. The van der Waals surface area contributed by atoms with Crippen molar-refractivity contribution in [3.05, 3.63) is 45.9 Å². The van der Waals surface area contributed by atoms with Gasteiger partial charge in [-0.05, 0) is 77.4 Å². The first-order valence-electron chi connectivity index (χ1n) is 11.6. The molecule has 6 nitrogen and oxygen atoms in total. The molecule has 178 valence electrons. The number of benzene rings is 1. The number of nitro groups is 1. The summed E-state index contributed by atoms with van der Waals surface area (Å²) in [5, 5.41) is 11.0. The van der Waals surface area contributed by atoms with Crippen LogP contribution in [0, 0.1) is 10.1 Å². The Balaban J connectivity index is 2.31. The molecule has 32 heavy (non-hydrogen) atoms. The molecule has 0 saturated carbocycles. The van der Waals surface area contributed by atoms with Gasteiger partial charge in [0.05, 0.1) is 16.1 Å². The SMILES string of the molecule is CCCCCC(Oc1ccc([N+](=O)[O-])cc1)/C(=C\CCCCCl)B1OC(C)(C)C(C)(C)O1. The third-order valence-electron chi connectivity index (χ3n) is 6.26. The minimum atomic E-state index is -0.499. The Hall–Kier alpha value is -1.57. The highest BCUT2D eigenvalue weighted by molar-refractivity contribution is 6.55. The average molecular weight is 466 g/mol. The van der Waals surface area contributed by atoms with Gasteiger partial charge in [0.1, 0.15) is 11.9 Å². The number of hydrogen-bond acceptors (Lipinski definition) is 5. The predicted octanol–water partition coefficient (Wildman–Crippen LogP) is 6.89. The second-order valence-electron chi connectivity index (χ2n) is 9.33. The van der Waals surface area contributed by atoms with Gasteiger partial charge in [-0.2, -0.15) is 0 Å². The van der Waals surface area contributed by atoms with Gasteiger partial charge < -0.3 is 14.0 Å². The molecule has 0 bridgehead atoms. The number of rotatable bonds is 13. The Morgan fingerprint density at radius 2 is 1.75 bits per heavy atom. The van der Waals surface area contributed by atoms with E-state index in [-0.39, 0.29) is 11.8 Å².